The Bertz CT molecular complexity index is 694. The van der Waals surface area contributed by atoms with Crippen molar-refractivity contribution in [3.8, 4) is 5.69 Å². The van der Waals surface area contributed by atoms with Crippen molar-refractivity contribution in [2.45, 2.75) is 16.5 Å². The molecule has 0 aliphatic carbocycles. The van der Waals surface area contributed by atoms with Crippen LogP contribution >= 0.6 is 11.8 Å². The van der Waals surface area contributed by atoms with Gasteiger partial charge in [0, 0.05) is 4.90 Å². The molecule has 0 atom stereocenters. The van der Waals surface area contributed by atoms with Gasteiger partial charge in [0.05, 0.1) is 5.69 Å². The molecule has 0 spiro atoms. The van der Waals surface area contributed by atoms with E-state index in [0.29, 0.717) is 6.54 Å². The van der Waals surface area contributed by atoms with E-state index in [4.69, 9.17) is 5.73 Å². The first kappa shape index (κ1) is 13.8. The topological polar surface area (TPSA) is 69.6 Å². The van der Waals surface area contributed by atoms with Gasteiger partial charge in [0.1, 0.15) is 0 Å². The molecular weight excluding hydrogens is 282 g/mol. The third kappa shape index (κ3) is 3.29. The number of nitrogens with two attached hydrogens (primary N) is 1. The maximum Gasteiger partial charge on any atom is 0.218 e. The lowest BCUT2D eigenvalue weighted by atomic mass is 10.2. The van der Waals surface area contributed by atoms with Crippen molar-refractivity contribution >= 4 is 11.8 Å². The number of para-hydroxylation sites is 1. The fourth-order valence-corrected chi connectivity index (χ4v) is 2.76. The molecule has 6 heteroatoms. The van der Waals surface area contributed by atoms with Gasteiger partial charge in [0.2, 0.25) is 5.16 Å². The summed E-state index contributed by atoms with van der Waals surface area (Å²) in [6.07, 6.45) is 0.896. The Morgan fingerprint density at radius 1 is 1.00 bits per heavy atom. The molecule has 106 valence electrons. The summed E-state index contributed by atoms with van der Waals surface area (Å²) in [5.41, 5.74) is 7.75. The van der Waals surface area contributed by atoms with Gasteiger partial charge in [-0.15, -0.1) is 5.10 Å². The summed E-state index contributed by atoms with van der Waals surface area (Å²) in [6, 6.07) is 18.2. The van der Waals surface area contributed by atoms with Crippen molar-refractivity contribution < 1.29 is 0 Å². The fraction of sp³-hybridized carbons (Fsp3) is 0.133. The largest absolute Gasteiger partial charge is 0.330 e. The minimum atomic E-state index is 0.665. The average Bonchev–Trinajstić information content (AvgIpc) is 2.98. The second-order valence-corrected chi connectivity index (χ2v) is 5.53. The van der Waals surface area contributed by atoms with Crippen molar-refractivity contribution in [2.24, 2.45) is 5.73 Å². The van der Waals surface area contributed by atoms with Crippen LogP contribution in [0.4, 0.5) is 0 Å². The van der Waals surface area contributed by atoms with E-state index >= 15 is 0 Å². The van der Waals surface area contributed by atoms with Gasteiger partial charge >= 0.3 is 0 Å². The molecule has 21 heavy (non-hydrogen) atoms. The number of aromatic nitrogens is 4. The van der Waals surface area contributed by atoms with E-state index in [0.717, 1.165) is 22.2 Å². The maximum atomic E-state index is 5.56. The van der Waals surface area contributed by atoms with Gasteiger partial charge in [-0.3, -0.25) is 0 Å². The highest BCUT2D eigenvalue weighted by Crippen LogP contribution is 2.27. The van der Waals surface area contributed by atoms with E-state index < -0.39 is 0 Å². The Hall–Kier alpha value is -2.18. The summed E-state index contributed by atoms with van der Waals surface area (Å²) in [7, 11) is 0. The standard InChI is InChI=1S/C15H15N5S/c16-11-10-12-6-8-14(9-7-12)21-15-17-18-19-20(15)13-4-2-1-3-5-13/h1-9H,10-11,16H2. The van der Waals surface area contributed by atoms with E-state index in [1.807, 2.05) is 30.3 Å². The zero-order valence-electron chi connectivity index (χ0n) is 11.4. The smallest absolute Gasteiger partial charge is 0.218 e. The van der Waals surface area contributed by atoms with Crippen LogP contribution in [-0.4, -0.2) is 26.8 Å². The van der Waals surface area contributed by atoms with E-state index in [1.54, 1.807) is 4.68 Å². The first-order valence-electron chi connectivity index (χ1n) is 6.67. The Labute approximate surface area is 127 Å². The SMILES string of the molecule is NCCc1ccc(Sc2nnnn2-c2ccccc2)cc1. The number of benzene rings is 2. The van der Waals surface area contributed by atoms with Crippen molar-refractivity contribution in [2.75, 3.05) is 6.54 Å². The molecule has 5 nitrogen and oxygen atoms in total. The molecule has 1 heterocycles. The number of hydrogen-bond donors (Lipinski definition) is 1. The van der Waals surface area contributed by atoms with Gasteiger partial charge < -0.3 is 5.73 Å². The van der Waals surface area contributed by atoms with E-state index in [9.17, 15) is 0 Å². The van der Waals surface area contributed by atoms with Crippen LogP contribution in [0.25, 0.3) is 5.69 Å². The van der Waals surface area contributed by atoms with Crippen LogP contribution < -0.4 is 5.73 Å². The van der Waals surface area contributed by atoms with Crippen molar-refractivity contribution in [3.63, 3.8) is 0 Å². The summed E-state index contributed by atoms with van der Waals surface area (Å²) < 4.78 is 1.73. The van der Waals surface area contributed by atoms with Gasteiger partial charge in [0.15, 0.2) is 0 Å². The minimum Gasteiger partial charge on any atom is -0.330 e. The molecule has 0 bridgehead atoms. The molecule has 0 fully saturated rings. The zero-order chi connectivity index (χ0) is 14.5. The fourth-order valence-electron chi connectivity index (χ4n) is 1.97. The van der Waals surface area contributed by atoms with Gasteiger partial charge in [0.25, 0.3) is 0 Å². The van der Waals surface area contributed by atoms with Crippen LogP contribution in [0.3, 0.4) is 0 Å². The summed E-state index contributed by atoms with van der Waals surface area (Å²) in [5, 5.41) is 12.6. The highest BCUT2D eigenvalue weighted by atomic mass is 32.2. The third-order valence-corrected chi connectivity index (χ3v) is 3.95. The third-order valence-electron chi connectivity index (χ3n) is 3.01. The Kier molecular flexibility index (Phi) is 4.28. The number of rotatable bonds is 5. The summed E-state index contributed by atoms with van der Waals surface area (Å²) in [4.78, 5) is 1.10. The molecule has 1 aromatic heterocycles. The van der Waals surface area contributed by atoms with Crippen LogP contribution in [0.5, 0.6) is 0 Å². The second kappa shape index (κ2) is 6.51. The molecule has 0 saturated heterocycles. The molecule has 3 rings (SSSR count). The number of hydrogen-bond acceptors (Lipinski definition) is 5. The minimum absolute atomic E-state index is 0.665. The molecular formula is C15H15N5S. The van der Waals surface area contributed by atoms with Crippen LogP contribution in [0, 0.1) is 0 Å². The molecule has 3 aromatic rings. The predicted molar refractivity (Wildman–Crippen MR) is 82.5 cm³/mol. The lowest BCUT2D eigenvalue weighted by Crippen LogP contribution is -2.02. The van der Waals surface area contributed by atoms with Gasteiger partial charge in [-0.25, -0.2) is 0 Å². The Morgan fingerprint density at radius 3 is 2.48 bits per heavy atom. The monoisotopic (exact) mass is 297 g/mol. The molecule has 0 amide bonds. The van der Waals surface area contributed by atoms with Crippen LogP contribution in [0.15, 0.2) is 64.6 Å². The lowest BCUT2D eigenvalue weighted by Gasteiger charge is -2.04. The average molecular weight is 297 g/mol. The normalized spacial score (nSPS) is 10.7. The summed E-state index contributed by atoms with van der Waals surface area (Å²) in [5.74, 6) is 0. The molecule has 2 N–H and O–H groups in total. The first-order chi connectivity index (χ1) is 10.4. The number of tetrazole rings is 1. The first-order valence-corrected chi connectivity index (χ1v) is 7.49. The molecule has 0 aliphatic heterocycles. The highest BCUT2D eigenvalue weighted by molar-refractivity contribution is 7.99. The van der Waals surface area contributed by atoms with E-state index in [-0.39, 0.29) is 0 Å². The van der Waals surface area contributed by atoms with Crippen LogP contribution in [0.1, 0.15) is 5.56 Å². The van der Waals surface area contributed by atoms with Crippen molar-refractivity contribution in [1.29, 1.82) is 0 Å². The quantitative estimate of drug-likeness (QED) is 0.782. The Balaban J connectivity index is 1.81. The second-order valence-electron chi connectivity index (χ2n) is 4.49. The van der Waals surface area contributed by atoms with Gasteiger partial charge in [-0.1, -0.05) is 30.3 Å². The molecule has 0 radical (unpaired) electrons. The summed E-state index contributed by atoms with van der Waals surface area (Å²) >= 11 is 1.54. The van der Waals surface area contributed by atoms with E-state index in [1.165, 1.54) is 17.3 Å². The Morgan fingerprint density at radius 2 is 1.76 bits per heavy atom. The molecule has 0 saturated carbocycles. The summed E-state index contributed by atoms with van der Waals surface area (Å²) in [6.45, 7) is 0.665. The van der Waals surface area contributed by atoms with Crippen molar-refractivity contribution in [1.82, 2.24) is 20.2 Å². The highest BCUT2D eigenvalue weighted by Gasteiger charge is 2.09. The van der Waals surface area contributed by atoms with E-state index in [2.05, 4.69) is 39.8 Å². The molecule has 2 aromatic carbocycles. The van der Waals surface area contributed by atoms with Gasteiger partial charge in [-0.05, 0) is 65.0 Å². The van der Waals surface area contributed by atoms with Crippen LogP contribution in [0.2, 0.25) is 0 Å². The lowest BCUT2D eigenvalue weighted by molar-refractivity contribution is 0.756. The maximum absolute atomic E-state index is 5.56. The van der Waals surface area contributed by atoms with Crippen molar-refractivity contribution in [3.05, 3.63) is 60.2 Å². The van der Waals surface area contributed by atoms with Gasteiger partial charge in [-0.2, -0.15) is 4.68 Å². The molecule has 0 unspecified atom stereocenters. The molecule has 0 aliphatic rings. The predicted octanol–water partition coefficient (Wildman–Crippen LogP) is 2.31. The zero-order valence-corrected chi connectivity index (χ0v) is 12.2. The number of nitrogens with zero attached hydrogens (tertiary/aromatic N) is 4. The van der Waals surface area contributed by atoms with Crippen LogP contribution in [-0.2, 0) is 6.42 Å².